The highest BCUT2D eigenvalue weighted by Gasteiger charge is 2.57. The first-order chi connectivity index (χ1) is 15.9. The number of amidine groups is 1. The molecule has 2 N–H and O–H groups in total. The molecule has 2 aromatic carbocycles. The minimum Gasteiger partial charge on any atom is -0.338 e. The average Bonchev–Trinajstić information content (AvgIpc) is 3.56. The van der Waals surface area contributed by atoms with Crippen LogP contribution in [0.25, 0.3) is 0 Å². The van der Waals surface area contributed by atoms with E-state index >= 15 is 0 Å². The maximum Gasteiger partial charge on any atom is 0.256 e. The summed E-state index contributed by atoms with van der Waals surface area (Å²) in [5.74, 6) is 1.18. The first-order valence-electron chi connectivity index (χ1n) is 11.9. The lowest BCUT2D eigenvalue weighted by molar-refractivity contribution is -0.128. The van der Waals surface area contributed by atoms with Crippen LogP contribution in [-0.2, 0) is 11.3 Å². The largest absolute Gasteiger partial charge is 0.338 e. The molecule has 174 valence electrons. The summed E-state index contributed by atoms with van der Waals surface area (Å²) in [7, 11) is 0. The Morgan fingerprint density at radius 3 is 2.48 bits per heavy atom. The lowest BCUT2D eigenvalue weighted by atomic mass is 10.0. The van der Waals surface area contributed by atoms with Gasteiger partial charge in [0.05, 0.1) is 6.54 Å². The summed E-state index contributed by atoms with van der Waals surface area (Å²) in [6, 6.07) is 17.8. The van der Waals surface area contributed by atoms with Crippen LogP contribution in [0.1, 0.15) is 54.1 Å². The van der Waals surface area contributed by atoms with Crippen molar-refractivity contribution in [2.45, 2.75) is 51.6 Å². The van der Waals surface area contributed by atoms with Gasteiger partial charge in [-0.1, -0.05) is 55.0 Å². The molecule has 1 saturated carbocycles. The number of carbonyl (C=O) groups excluding carboxylic acids is 2. The third-order valence-electron chi connectivity index (χ3n) is 6.49. The standard InChI is InChI=1S/C27H34N4O2/c1-20-9-11-23(12-10-20)25(32)30(16-6-15-28)18-21(2)17-24-29-27(13-14-27)26(33)31(24)19-22-7-4-3-5-8-22/h3-5,7-12,21H,6,13-19,28H2,1-2H3. The molecule has 0 radical (unpaired) electrons. The molecule has 1 aliphatic carbocycles. The molecule has 1 heterocycles. The average molecular weight is 447 g/mol. The highest BCUT2D eigenvalue weighted by molar-refractivity contribution is 6.09. The number of nitrogens with zero attached hydrogens (tertiary/aromatic N) is 3. The number of aryl methyl sites for hydroxylation is 1. The maximum absolute atomic E-state index is 13.2. The van der Waals surface area contributed by atoms with E-state index in [1.165, 1.54) is 0 Å². The molecule has 1 aliphatic heterocycles. The number of hydrogen-bond donors (Lipinski definition) is 1. The molecular formula is C27H34N4O2. The molecular weight excluding hydrogens is 412 g/mol. The van der Waals surface area contributed by atoms with Crippen molar-refractivity contribution < 1.29 is 9.59 Å². The topological polar surface area (TPSA) is 79.0 Å². The predicted octanol–water partition coefficient (Wildman–Crippen LogP) is 3.79. The van der Waals surface area contributed by atoms with Crippen molar-refractivity contribution in [2.24, 2.45) is 16.6 Å². The van der Waals surface area contributed by atoms with Crippen LogP contribution in [0, 0.1) is 12.8 Å². The Kier molecular flexibility index (Phi) is 6.94. The van der Waals surface area contributed by atoms with Crippen molar-refractivity contribution in [3.05, 3.63) is 71.3 Å². The van der Waals surface area contributed by atoms with Crippen LogP contribution in [0.3, 0.4) is 0 Å². The van der Waals surface area contributed by atoms with Gasteiger partial charge in [0.2, 0.25) is 0 Å². The lowest BCUT2D eigenvalue weighted by Gasteiger charge is -2.27. The zero-order chi connectivity index (χ0) is 23.4. The Hall–Kier alpha value is -2.99. The van der Waals surface area contributed by atoms with Crippen LogP contribution in [0.2, 0.25) is 0 Å². The molecule has 4 rings (SSSR count). The van der Waals surface area contributed by atoms with Crippen molar-refractivity contribution >= 4 is 17.6 Å². The number of rotatable bonds is 10. The molecule has 1 atom stereocenters. The number of carbonyl (C=O) groups is 2. The van der Waals surface area contributed by atoms with E-state index in [1.54, 1.807) is 0 Å². The third kappa shape index (κ3) is 5.33. The highest BCUT2D eigenvalue weighted by Crippen LogP contribution is 2.46. The highest BCUT2D eigenvalue weighted by atomic mass is 16.2. The summed E-state index contributed by atoms with van der Waals surface area (Å²) in [5.41, 5.74) is 8.15. The van der Waals surface area contributed by atoms with E-state index in [1.807, 2.05) is 71.3 Å². The van der Waals surface area contributed by atoms with Gasteiger partial charge in [0.25, 0.3) is 11.8 Å². The Morgan fingerprint density at radius 2 is 1.85 bits per heavy atom. The van der Waals surface area contributed by atoms with Crippen LogP contribution >= 0.6 is 0 Å². The molecule has 0 aromatic heterocycles. The van der Waals surface area contributed by atoms with Crippen molar-refractivity contribution in [1.29, 1.82) is 0 Å². The molecule has 1 spiro atoms. The van der Waals surface area contributed by atoms with Gasteiger partial charge in [-0.25, -0.2) is 0 Å². The summed E-state index contributed by atoms with van der Waals surface area (Å²) < 4.78 is 0. The third-order valence-corrected chi connectivity index (χ3v) is 6.49. The molecule has 2 amide bonds. The molecule has 6 heteroatoms. The zero-order valence-electron chi connectivity index (χ0n) is 19.7. The Labute approximate surface area is 196 Å². The van der Waals surface area contributed by atoms with E-state index < -0.39 is 5.54 Å². The second-order valence-electron chi connectivity index (χ2n) is 9.51. The molecule has 2 aliphatic rings. The summed E-state index contributed by atoms with van der Waals surface area (Å²) >= 11 is 0. The fraction of sp³-hybridized carbons (Fsp3) is 0.444. The van der Waals surface area contributed by atoms with E-state index in [4.69, 9.17) is 10.7 Å². The number of benzene rings is 2. The molecule has 33 heavy (non-hydrogen) atoms. The first-order valence-corrected chi connectivity index (χ1v) is 11.9. The molecule has 2 aromatic rings. The fourth-order valence-electron chi connectivity index (χ4n) is 4.44. The van der Waals surface area contributed by atoms with Crippen LogP contribution in [0.15, 0.2) is 59.6 Å². The minimum absolute atomic E-state index is 0.0274. The van der Waals surface area contributed by atoms with Gasteiger partial charge < -0.3 is 10.6 Å². The maximum atomic E-state index is 13.2. The van der Waals surface area contributed by atoms with Crippen LogP contribution in [0.5, 0.6) is 0 Å². The van der Waals surface area contributed by atoms with Gasteiger partial charge in [0.15, 0.2) is 0 Å². The van der Waals surface area contributed by atoms with E-state index in [2.05, 4.69) is 6.92 Å². The van der Waals surface area contributed by atoms with Crippen LogP contribution < -0.4 is 5.73 Å². The Balaban J connectivity index is 1.46. The second kappa shape index (κ2) is 9.87. The summed E-state index contributed by atoms with van der Waals surface area (Å²) in [5, 5.41) is 0. The monoisotopic (exact) mass is 446 g/mol. The van der Waals surface area contributed by atoms with Gasteiger partial charge in [-0.15, -0.1) is 0 Å². The van der Waals surface area contributed by atoms with Crippen molar-refractivity contribution in [3.8, 4) is 0 Å². The Morgan fingerprint density at radius 1 is 1.15 bits per heavy atom. The fourth-order valence-corrected chi connectivity index (χ4v) is 4.44. The van der Waals surface area contributed by atoms with Crippen molar-refractivity contribution in [3.63, 3.8) is 0 Å². The summed E-state index contributed by atoms with van der Waals surface area (Å²) in [4.78, 5) is 34.9. The van der Waals surface area contributed by atoms with Gasteiger partial charge in [-0.05, 0) is 56.3 Å². The smallest absolute Gasteiger partial charge is 0.256 e. The normalized spacial score (nSPS) is 17.2. The van der Waals surface area contributed by atoms with Gasteiger partial charge in [-0.2, -0.15) is 0 Å². The quantitative estimate of drug-likeness (QED) is 0.603. The summed E-state index contributed by atoms with van der Waals surface area (Å²) in [6.07, 6.45) is 3.10. The van der Waals surface area contributed by atoms with Crippen LogP contribution in [0.4, 0.5) is 0 Å². The van der Waals surface area contributed by atoms with Gasteiger partial charge in [0.1, 0.15) is 11.4 Å². The number of aliphatic imine (C=N–C) groups is 1. The predicted molar refractivity (Wildman–Crippen MR) is 131 cm³/mol. The Bertz CT molecular complexity index is 1010. The second-order valence-corrected chi connectivity index (χ2v) is 9.51. The van der Waals surface area contributed by atoms with E-state index in [0.29, 0.717) is 38.2 Å². The number of hydrogen-bond acceptors (Lipinski definition) is 4. The van der Waals surface area contributed by atoms with Gasteiger partial charge in [-0.3, -0.25) is 19.5 Å². The van der Waals surface area contributed by atoms with Crippen LogP contribution in [-0.4, -0.2) is 52.6 Å². The van der Waals surface area contributed by atoms with Gasteiger partial charge >= 0.3 is 0 Å². The van der Waals surface area contributed by atoms with E-state index in [-0.39, 0.29) is 17.7 Å². The van der Waals surface area contributed by atoms with Crippen molar-refractivity contribution in [2.75, 3.05) is 19.6 Å². The molecule has 1 unspecified atom stereocenters. The minimum atomic E-state index is -0.513. The molecule has 0 bridgehead atoms. The lowest BCUT2D eigenvalue weighted by Crippen LogP contribution is -2.39. The zero-order valence-corrected chi connectivity index (χ0v) is 19.7. The van der Waals surface area contributed by atoms with E-state index in [9.17, 15) is 9.59 Å². The first kappa shape index (κ1) is 23.2. The number of amides is 2. The molecule has 0 saturated heterocycles. The van der Waals surface area contributed by atoms with Gasteiger partial charge in [0, 0.05) is 25.1 Å². The number of nitrogens with two attached hydrogens (primary N) is 1. The molecule has 6 nitrogen and oxygen atoms in total. The SMILES string of the molecule is Cc1ccc(C(=O)N(CCCN)CC(C)CC2=NC3(CC3)C(=O)N2Cc2ccccc2)cc1. The van der Waals surface area contributed by atoms with E-state index in [0.717, 1.165) is 36.2 Å². The summed E-state index contributed by atoms with van der Waals surface area (Å²) in [6.45, 7) is 6.46. The van der Waals surface area contributed by atoms with Crippen molar-refractivity contribution in [1.82, 2.24) is 9.80 Å². The molecule has 1 fully saturated rings.